The molecule has 1 aromatic carbocycles. The average molecular weight is 316 g/mol. The van der Waals surface area contributed by atoms with Crippen molar-refractivity contribution in [3.63, 3.8) is 0 Å². The van der Waals surface area contributed by atoms with Crippen LogP contribution in [0.5, 0.6) is 0 Å². The fraction of sp³-hybridized carbons (Fsp3) is 0.333. The van der Waals surface area contributed by atoms with E-state index in [-0.39, 0.29) is 17.3 Å². The molecule has 1 aromatic rings. The van der Waals surface area contributed by atoms with E-state index < -0.39 is 28.6 Å². The molecule has 0 unspecified atom stereocenters. The van der Waals surface area contributed by atoms with E-state index in [9.17, 15) is 18.0 Å². The zero-order chi connectivity index (χ0) is 16.0. The highest BCUT2D eigenvalue weighted by atomic mass is 32.2. The minimum atomic E-state index is -3.90. The number of carbonyl (C=O) groups is 2. The fourth-order valence-corrected chi connectivity index (χ4v) is 2.41. The van der Waals surface area contributed by atoms with Crippen LogP contribution < -0.4 is 10.0 Å². The number of hydrogen-bond donors (Lipinski definition) is 4. The molecule has 0 aliphatic carbocycles. The molecule has 0 aromatic heterocycles. The van der Waals surface area contributed by atoms with Crippen molar-refractivity contribution < 1.29 is 28.2 Å². The largest absolute Gasteiger partial charge is 0.479 e. The maximum Gasteiger partial charge on any atom is 0.333 e. The molecule has 8 nitrogen and oxygen atoms in total. The van der Waals surface area contributed by atoms with Crippen LogP contribution in [0.4, 0.5) is 0 Å². The van der Waals surface area contributed by atoms with Crippen molar-refractivity contribution in [2.24, 2.45) is 0 Å². The molecule has 0 aliphatic rings. The number of hydrogen-bond acceptors (Lipinski definition) is 5. The molecule has 1 rings (SSSR count). The Labute approximate surface area is 121 Å². The molecular weight excluding hydrogens is 300 g/mol. The number of carbonyl (C=O) groups excluding carboxylic acids is 1. The summed E-state index contributed by atoms with van der Waals surface area (Å²) in [7, 11) is -3.90. The van der Waals surface area contributed by atoms with Crippen LogP contribution in [0.2, 0.25) is 0 Å². The van der Waals surface area contributed by atoms with E-state index in [0.29, 0.717) is 0 Å². The molecule has 0 saturated heterocycles. The minimum Gasteiger partial charge on any atom is -0.479 e. The van der Waals surface area contributed by atoms with Gasteiger partial charge in [-0.1, -0.05) is 12.1 Å². The van der Waals surface area contributed by atoms with Gasteiger partial charge in [0.2, 0.25) is 15.9 Å². The van der Waals surface area contributed by atoms with Gasteiger partial charge < -0.3 is 15.5 Å². The molecule has 1 atom stereocenters. The second kappa shape index (κ2) is 7.16. The number of aliphatic carboxylic acids is 1. The second-order valence-electron chi connectivity index (χ2n) is 4.26. The van der Waals surface area contributed by atoms with E-state index in [1.54, 1.807) is 0 Å². The standard InChI is InChI=1S/C12H16N2O6S/c1-8(15)13-6-9-2-4-10(5-3-9)21(19,20)14-7-11(16)12(17)18/h2-5,11,14,16H,6-7H2,1H3,(H,13,15)(H,17,18)/t11-/m0/s1. The molecule has 0 aliphatic heterocycles. The third kappa shape index (κ3) is 5.50. The van der Waals surface area contributed by atoms with Crippen LogP contribution in [0.1, 0.15) is 12.5 Å². The second-order valence-corrected chi connectivity index (χ2v) is 6.03. The Morgan fingerprint density at radius 1 is 1.24 bits per heavy atom. The van der Waals surface area contributed by atoms with Gasteiger partial charge in [-0.05, 0) is 17.7 Å². The molecule has 4 N–H and O–H groups in total. The number of nitrogens with one attached hydrogen (secondary N) is 2. The summed E-state index contributed by atoms with van der Waals surface area (Å²) in [6.07, 6.45) is -1.81. The molecule has 0 bridgehead atoms. The first kappa shape index (κ1) is 17.1. The predicted octanol–water partition coefficient (Wildman–Crippen LogP) is -0.953. The van der Waals surface area contributed by atoms with E-state index in [1.807, 2.05) is 4.72 Å². The predicted molar refractivity (Wildman–Crippen MR) is 72.8 cm³/mol. The lowest BCUT2D eigenvalue weighted by Gasteiger charge is -2.09. The van der Waals surface area contributed by atoms with Gasteiger partial charge in [-0.2, -0.15) is 0 Å². The lowest BCUT2D eigenvalue weighted by molar-refractivity contribution is -0.146. The van der Waals surface area contributed by atoms with Crippen LogP contribution in [0.3, 0.4) is 0 Å². The number of benzene rings is 1. The van der Waals surface area contributed by atoms with Crippen molar-refractivity contribution in [3.05, 3.63) is 29.8 Å². The van der Waals surface area contributed by atoms with Gasteiger partial charge in [0.25, 0.3) is 0 Å². The van der Waals surface area contributed by atoms with Crippen molar-refractivity contribution in [1.82, 2.24) is 10.0 Å². The van der Waals surface area contributed by atoms with E-state index in [2.05, 4.69) is 5.32 Å². The molecule has 1 amide bonds. The highest BCUT2D eigenvalue weighted by Crippen LogP contribution is 2.10. The zero-order valence-corrected chi connectivity index (χ0v) is 12.1. The molecule has 0 fully saturated rings. The number of sulfonamides is 1. The lowest BCUT2D eigenvalue weighted by Crippen LogP contribution is -2.36. The number of aliphatic hydroxyl groups excluding tert-OH is 1. The van der Waals surface area contributed by atoms with Gasteiger partial charge in [0, 0.05) is 20.0 Å². The molecule has 0 radical (unpaired) electrons. The highest BCUT2D eigenvalue weighted by molar-refractivity contribution is 7.89. The van der Waals surface area contributed by atoms with Crippen molar-refractivity contribution in [2.45, 2.75) is 24.5 Å². The molecule has 0 saturated carbocycles. The van der Waals surface area contributed by atoms with E-state index >= 15 is 0 Å². The maximum absolute atomic E-state index is 11.9. The summed E-state index contributed by atoms with van der Waals surface area (Å²) in [6, 6.07) is 5.70. The van der Waals surface area contributed by atoms with Gasteiger partial charge in [0.1, 0.15) is 0 Å². The van der Waals surface area contributed by atoms with Gasteiger partial charge in [-0.15, -0.1) is 0 Å². The Morgan fingerprint density at radius 3 is 2.29 bits per heavy atom. The van der Waals surface area contributed by atoms with Crippen molar-refractivity contribution in [1.29, 1.82) is 0 Å². The van der Waals surface area contributed by atoms with Crippen molar-refractivity contribution in [2.75, 3.05) is 6.54 Å². The van der Waals surface area contributed by atoms with Crippen molar-refractivity contribution >= 4 is 21.9 Å². The topological polar surface area (TPSA) is 133 Å². The highest BCUT2D eigenvalue weighted by Gasteiger charge is 2.19. The fourth-order valence-electron chi connectivity index (χ4n) is 1.37. The third-order valence-electron chi connectivity index (χ3n) is 2.53. The van der Waals surface area contributed by atoms with Gasteiger partial charge in [-0.25, -0.2) is 17.9 Å². The van der Waals surface area contributed by atoms with Crippen LogP contribution in [-0.4, -0.2) is 43.2 Å². The lowest BCUT2D eigenvalue weighted by atomic mass is 10.2. The minimum absolute atomic E-state index is 0.0633. The van der Waals surface area contributed by atoms with E-state index in [0.717, 1.165) is 5.56 Å². The number of carboxylic acids is 1. The first-order valence-corrected chi connectivity index (χ1v) is 7.44. The Morgan fingerprint density at radius 2 is 1.81 bits per heavy atom. The van der Waals surface area contributed by atoms with Crippen LogP contribution in [0.15, 0.2) is 29.2 Å². The first-order valence-electron chi connectivity index (χ1n) is 5.96. The zero-order valence-electron chi connectivity index (χ0n) is 11.2. The Bertz CT molecular complexity index is 611. The number of carboxylic acid groups (broad SMARTS) is 1. The van der Waals surface area contributed by atoms with Crippen molar-refractivity contribution in [3.8, 4) is 0 Å². The monoisotopic (exact) mass is 316 g/mol. The summed E-state index contributed by atoms with van der Waals surface area (Å²) in [5.41, 5.74) is 0.717. The number of rotatable bonds is 7. The SMILES string of the molecule is CC(=O)NCc1ccc(S(=O)(=O)NC[C@H](O)C(=O)O)cc1. The number of aliphatic hydroxyl groups is 1. The summed E-state index contributed by atoms with van der Waals surface area (Å²) < 4.78 is 25.7. The molecule has 0 heterocycles. The summed E-state index contributed by atoms with van der Waals surface area (Å²) >= 11 is 0. The first-order chi connectivity index (χ1) is 9.72. The Balaban J connectivity index is 2.71. The van der Waals surface area contributed by atoms with E-state index in [4.69, 9.17) is 10.2 Å². The van der Waals surface area contributed by atoms with Gasteiger partial charge in [0.15, 0.2) is 6.10 Å². The summed E-state index contributed by atoms with van der Waals surface area (Å²) in [5.74, 6) is -1.71. The third-order valence-corrected chi connectivity index (χ3v) is 3.97. The smallest absolute Gasteiger partial charge is 0.333 e. The summed E-state index contributed by atoms with van der Waals surface area (Å²) in [6.45, 7) is 1.03. The summed E-state index contributed by atoms with van der Waals surface area (Å²) in [4.78, 5) is 21.1. The molecule has 21 heavy (non-hydrogen) atoms. The molecule has 9 heteroatoms. The Hall–Kier alpha value is -1.97. The molecular formula is C12H16N2O6S. The van der Waals surface area contributed by atoms with Gasteiger partial charge in [0.05, 0.1) is 4.90 Å². The van der Waals surface area contributed by atoms with Gasteiger partial charge in [-0.3, -0.25) is 4.79 Å². The van der Waals surface area contributed by atoms with Crippen LogP contribution in [-0.2, 0) is 26.2 Å². The average Bonchev–Trinajstić information content (AvgIpc) is 2.43. The summed E-state index contributed by atoms with van der Waals surface area (Å²) in [5, 5.41) is 20.1. The maximum atomic E-state index is 11.9. The number of amides is 1. The van der Waals surface area contributed by atoms with Gasteiger partial charge >= 0.3 is 5.97 Å². The van der Waals surface area contributed by atoms with E-state index in [1.165, 1.54) is 31.2 Å². The quantitative estimate of drug-likeness (QED) is 0.512. The molecule has 116 valence electrons. The van der Waals surface area contributed by atoms with Crippen LogP contribution in [0.25, 0.3) is 0 Å². The van der Waals surface area contributed by atoms with Crippen LogP contribution in [0, 0.1) is 0 Å². The van der Waals surface area contributed by atoms with Crippen LogP contribution >= 0.6 is 0 Å². The Kier molecular flexibility index (Phi) is 5.82. The normalized spacial score (nSPS) is 12.7. The molecule has 0 spiro atoms.